The van der Waals surface area contributed by atoms with Crippen molar-refractivity contribution in [3.63, 3.8) is 0 Å². The maximum atomic E-state index is 10.4. The molecule has 0 aliphatic rings. The summed E-state index contributed by atoms with van der Waals surface area (Å²) in [5.41, 5.74) is 6.53. The number of benzene rings is 1. The highest BCUT2D eigenvalue weighted by Crippen LogP contribution is 2.21. The average Bonchev–Trinajstić information content (AvgIpc) is 2.17. The Morgan fingerprint density at radius 1 is 1.62 bits per heavy atom. The Kier molecular flexibility index (Phi) is 5.83. The molecule has 1 rings (SSSR count). The Hall–Kier alpha value is -1.28. The molecule has 4 nitrogen and oxygen atoms in total. The van der Waals surface area contributed by atoms with Crippen LogP contribution in [0.5, 0.6) is 0 Å². The number of nitriles is 1. The quantitative estimate of drug-likeness (QED) is 0.872. The highest BCUT2D eigenvalue weighted by Gasteiger charge is 2.12. The second-order valence-corrected chi connectivity index (χ2v) is 3.46. The zero-order chi connectivity index (χ0) is 11.4. The fourth-order valence-electron chi connectivity index (χ4n) is 1.17. The van der Waals surface area contributed by atoms with E-state index in [1.165, 1.54) is 12.1 Å². The lowest BCUT2D eigenvalue weighted by Gasteiger charge is -2.09. The molecule has 3 N–H and O–H groups in total. The van der Waals surface area contributed by atoms with Gasteiger partial charge in [-0.1, -0.05) is 17.7 Å². The van der Waals surface area contributed by atoms with Crippen LogP contribution in [0.25, 0.3) is 0 Å². The molecule has 86 valence electrons. The topological polar surface area (TPSA) is 87.1 Å². The van der Waals surface area contributed by atoms with E-state index in [1.54, 1.807) is 6.07 Å². The number of hydrogen-bond donors (Lipinski definition) is 2. The molecule has 1 aromatic carbocycles. The summed E-state index contributed by atoms with van der Waals surface area (Å²) in [7, 11) is 0. The van der Waals surface area contributed by atoms with Crippen LogP contribution in [0.3, 0.4) is 0 Å². The van der Waals surface area contributed by atoms with E-state index in [2.05, 4.69) is 0 Å². The molecule has 0 saturated carbocycles. The van der Waals surface area contributed by atoms with Crippen LogP contribution in [0.1, 0.15) is 23.6 Å². The number of halogens is 2. The van der Waals surface area contributed by atoms with E-state index in [4.69, 9.17) is 27.7 Å². The summed E-state index contributed by atoms with van der Waals surface area (Å²) in [5.74, 6) is -0.976. The molecule has 6 heteroatoms. The highest BCUT2D eigenvalue weighted by atomic mass is 35.5. The van der Waals surface area contributed by atoms with Gasteiger partial charge >= 0.3 is 5.97 Å². The molecule has 0 aliphatic carbocycles. The van der Waals surface area contributed by atoms with Crippen molar-refractivity contribution < 1.29 is 9.90 Å². The maximum Gasteiger partial charge on any atom is 0.305 e. The van der Waals surface area contributed by atoms with Gasteiger partial charge in [0.1, 0.15) is 6.07 Å². The first-order valence-electron chi connectivity index (χ1n) is 4.21. The summed E-state index contributed by atoms with van der Waals surface area (Å²) in [6.45, 7) is 0. The molecule has 0 radical (unpaired) electrons. The van der Waals surface area contributed by atoms with Crippen molar-refractivity contribution in [2.24, 2.45) is 5.73 Å². The zero-order valence-corrected chi connectivity index (χ0v) is 9.76. The Morgan fingerprint density at radius 3 is 2.75 bits per heavy atom. The molecule has 0 heterocycles. The normalized spacial score (nSPS) is 11.1. The fourth-order valence-corrected chi connectivity index (χ4v) is 1.32. The van der Waals surface area contributed by atoms with Gasteiger partial charge in [-0.2, -0.15) is 5.26 Å². The van der Waals surface area contributed by atoms with E-state index in [0.29, 0.717) is 16.1 Å². The van der Waals surface area contributed by atoms with Crippen LogP contribution in [-0.2, 0) is 4.79 Å². The van der Waals surface area contributed by atoms with Gasteiger partial charge in [0.25, 0.3) is 0 Å². The van der Waals surface area contributed by atoms with Gasteiger partial charge in [0, 0.05) is 6.04 Å². The van der Waals surface area contributed by atoms with Crippen LogP contribution in [0, 0.1) is 11.3 Å². The van der Waals surface area contributed by atoms with Crippen LogP contribution in [0.2, 0.25) is 5.02 Å². The largest absolute Gasteiger partial charge is 0.481 e. The molecule has 0 unspecified atom stereocenters. The molecule has 1 aromatic rings. The smallest absolute Gasteiger partial charge is 0.305 e. The monoisotopic (exact) mass is 260 g/mol. The molecule has 0 spiro atoms. The Morgan fingerprint density at radius 2 is 2.25 bits per heavy atom. The second-order valence-electron chi connectivity index (χ2n) is 3.06. The summed E-state index contributed by atoms with van der Waals surface area (Å²) in [6, 6.07) is 5.96. The third kappa shape index (κ3) is 3.70. The van der Waals surface area contributed by atoms with Gasteiger partial charge in [0.05, 0.1) is 17.0 Å². The number of carbonyl (C=O) groups is 1. The second kappa shape index (κ2) is 6.33. The van der Waals surface area contributed by atoms with Crippen molar-refractivity contribution in [2.75, 3.05) is 0 Å². The minimum atomic E-state index is -0.976. The van der Waals surface area contributed by atoms with Gasteiger partial charge in [-0.25, -0.2) is 0 Å². The lowest BCUT2D eigenvalue weighted by Crippen LogP contribution is -2.15. The van der Waals surface area contributed by atoms with Gasteiger partial charge in [-0.15, -0.1) is 12.4 Å². The van der Waals surface area contributed by atoms with Crippen molar-refractivity contribution in [2.45, 2.75) is 12.5 Å². The predicted octanol–water partition coefficient (Wildman–Crippen LogP) is 2.11. The minimum Gasteiger partial charge on any atom is -0.481 e. The first-order valence-corrected chi connectivity index (χ1v) is 4.59. The van der Waals surface area contributed by atoms with Crippen LogP contribution < -0.4 is 5.73 Å². The molecule has 16 heavy (non-hydrogen) atoms. The van der Waals surface area contributed by atoms with Gasteiger partial charge in [-0.05, 0) is 17.7 Å². The van der Waals surface area contributed by atoms with Crippen LogP contribution in [-0.4, -0.2) is 11.1 Å². The van der Waals surface area contributed by atoms with Gasteiger partial charge < -0.3 is 10.8 Å². The third-order valence-electron chi connectivity index (χ3n) is 1.93. The van der Waals surface area contributed by atoms with Gasteiger partial charge in [-0.3, -0.25) is 4.79 Å². The van der Waals surface area contributed by atoms with E-state index in [9.17, 15) is 4.79 Å². The van der Waals surface area contributed by atoms with E-state index >= 15 is 0 Å². The molecule has 0 amide bonds. The molecule has 0 saturated heterocycles. The molecule has 0 aromatic heterocycles. The third-order valence-corrected chi connectivity index (χ3v) is 2.26. The number of hydrogen-bond acceptors (Lipinski definition) is 3. The summed E-state index contributed by atoms with van der Waals surface area (Å²) in [6.07, 6.45) is -0.174. The van der Waals surface area contributed by atoms with Crippen LogP contribution >= 0.6 is 24.0 Å². The van der Waals surface area contributed by atoms with Crippen molar-refractivity contribution in [1.29, 1.82) is 5.26 Å². The van der Waals surface area contributed by atoms with Crippen molar-refractivity contribution in [3.8, 4) is 6.07 Å². The Balaban J connectivity index is 0.00000225. The van der Waals surface area contributed by atoms with E-state index in [-0.39, 0.29) is 18.8 Å². The number of nitrogens with two attached hydrogens (primary N) is 1. The standard InChI is InChI=1S/C10H9ClN2O2.ClH/c11-8-2-1-6(3-7(8)5-12)9(13)4-10(14)15;/h1-3,9H,4,13H2,(H,14,15);1H/t9-;/m1./s1. The molecule has 0 fully saturated rings. The van der Waals surface area contributed by atoms with E-state index < -0.39 is 12.0 Å². The number of rotatable bonds is 3. The number of nitrogens with zero attached hydrogens (tertiary/aromatic N) is 1. The molecular weight excluding hydrogens is 251 g/mol. The summed E-state index contributed by atoms with van der Waals surface area (Å²) >= 11 is 5.73. The lowest BCUT2D eigenvalue weighted by atomic mass is 10.0. The Bertz CT molecular complexity index is 429. The molecule has 0 aliphatic heterocycles. The fraction of sp³-hybridized carbons (Fsp3) is 0.200. The summed E-state index contributed by atoms with van der Waals surface area (Å²) in [4.78, 5) is 10.4. The van der Waals surface area contributed by atoms with Crippen molar-refractivity contribution >= 4 is 30.0 Å². The van der Waals surface area contributed by atoms with Crippen LogP contribution in [0.4, 0.5) is 0 Å². The summed E-state index contributed by atoms with van der Waals surface area (Å²) < 4.78 is 0. The van der Waals surface area contributed by atoms with E-state index in [1.807, 2.05) is 6.07 Å². The maximum absolute atomic E-state index is 10.4. The first-order chi connectivity index (χ1) is 7.04. The lowest BCUT2D eigenvalue weighted by molar-refractivity contribution is -0.137. The van der Waals surface area contributed by atoms with Crippen molar-refractivity contribution in [3.05, 3.63) is 34.3 Å². The Labute approximate surface area is 104 Å². The molecular formula is C10H10Cl2N2O2. The van der Waals surface area contributed by atoms with Crippen LogP contribution in [0.15, 0.2) is 18.2 Å². The first kappa shape index (κ1) is 14.7. The SMILES string of the molecule is Cl.N#Cc1cc([C@H](N)CC(=O)O)ccc1Cl. The predicted molar refractivity (Wildman–Crippen MR) is 62.6 cm³/mol. The van der Waals surface area contributed by atoms with Gasteiger partial charge in [0.2, 0.25) is 0 Å². The van der Waals surface area contributed by atoms with Gasteiger partial charge in [0.15, 0.2) is 0 Å². The number of aliphatic carboxylic acids is 1. The zero-order valence-electron chi connectivity index (χ0n) is 8.18. The highest BCUT2D eigenvalue weighted by molar-refractivity contribution is 6.31. The van der Waals surface area contributed by atoms with E-state index in [0.717, 1.165) is 0 Å². The molecule has 0 bridgehead atoms. The molecule has 1 atom stereocenters. The summed E-state index contributed by atoms with van der Waals surface area (Å²) in [5, 5.41) is 17.6. The number of carboxylic acids is 1. The van der Waals surface area contributed by atoms with Crippen molar-refractivity contribution in [1.82, 2.24) is 0 Å². The minimum absolute atomic E-state index is 0. The average molecular weight is 261 g/mol. The number of carboxylic acid groups (broad SMARTS) is 1.